The average molecular weight is 621 g/mol. The van der Waals surface area contributed by atoms with E-state index in [1.54, 1.807) is 6.07 Å². The van der Waals surface area contributed by atoms with Crippen LogP contribution in [0.1, 0.15) is 52.5 Å². The molecule has 5 nitrogen and oxygen atoms in total. The van der Waals surface area contributed by atoms with Gasteiger partial charge in [-0.15, -0.1) is 0 Å². The number of halogens is 1. The largest absolute Gasteiger partial charge is 0.505 e. The zero-order valence-corrected chi connectivity index (χ0v) is 27.2. The number of hydrogen-bond donors (Lipinski definition) is 1. The maximum absolute atomic E-state index is 13.9. The molecule has 0 unspecified atom stereocenters. The number of fused-ring (bicyclic) bond motifs is 1. The van der Waals surface area contributed by atoms with Crippen LogP contribution in [0.4, 0.5) is 4.39 Å². The summed E-state index contributed by atoms with van der Waals surface area (Å²) < 4.78 is 53.8. The first kappa shape index (κ1) is 31.4. The van der Waals surface area contributed by atoms with Crippen LogP contribution in [0, 0.1) is 5.82 Å². The van der Waals surface area contributed by atoms with Crippen LogP contribution in [0.2, 0.25) is 5.04 Å². The number of phenolic OH excluding ortho intramolecular Hbond substituents is 1. The van der Waals surface area contributed by atoms with Crippen molar-refractivity contribution in [1.29, 1.82) is 0 Å². The van der Waals surface area contributed by atoms with Crippen molar-refractivity contribution >= 4 is 34.6 Å². The molecule has 1 N–H and O–H groups in total. The van der Waals surface area contributed by atoms with E-state index in [1.165, 1.54) is 12.1 Å². The molecule has 0 bridgehead atoms. The Morgan fingerprint density at radius 3 is 2.23 bits per heavy atom. The molecule has 0 aromatic heterocycles. The van der Waals surface area contributed by atoms with Crippen LogP contribution in [0.3, 0.4) is 0 Å². The zero-order valence-electron chi connectivity index (χ0n) is 25.3. The molecule has 0 aliphatic carbocycles. The van der Waals surface area contributed by atoms with Gasteiger partial charge in [-0.2, -0.15) is 0 Å². The van der Waals surface area contributed by atoms with Gasteiger partial charge in [-0.05, 0) is 63.5 Å². The number of benzene rings is 3. The van der Waals surface area contributed by atoms with Crippen molar-refractivity contribution in [2.75, 3.05) is 19.0 Å². The zero-order chi connectivity index (χ0) is 30.8. The second-order valence-corrected chi connectivity index (χ2v) is 19.0. The summed E-state index contributed by atoms with van der Waals surface area (Å²) in [5, 5.41) is 11.0. The predicted molar refractivity (Wildman–Crippen MR) is 173 cm³/mol. The Labute approximate surface area is 256 Å². The van der Waals surface area contributed by atoms with Gasteiger partial charge in [0.15, 0.2) is 21.4 Å². The molecular weight excluding hydrogens is 580 g/mol. The first-order valence-electron chi connectivity index (χ1n) is 14.9. The summed E-state index contributed by atoms with van der Waals surface area (Å²) in [4.78, 5) is 0. The minimum atomic E-state index is -3.38. The molecule has 2 aliphatic rings. The van der Waals surface area contributed by atoms with Crippen molar-refractivity contribution in [3.63, 3.8) is 0 Å². The second kappa shape index (κ2) is 12.5. The van der Waals surface area contributed by atoms with E-state index in [0.29, 0.717) is 18.4 Å². The SMILES string of the molecule is CC/C(=C\c1ccc(O)c(F)c1)CC[C@H]1OC[C@H]2C1=C(CO[Si](c1ccccc1)(c1ccccc1)C(C)(C)C)CS2(=O)=O. The Bertz CT molecular complexity index is 1570. The molecule has 0 amide bonds. The maximum Gasteiger partial charge on any atom is 0.261 e. The molecule has 1 fully saturated rings. The third-order valence-corrected chi connectivity index (χ3v) is 15.8. The molecule has 0 saturated carbocycles. The van der Waals surface area contributed by atoms with E-state index in [2.05, 4.69) is 45.0 Å². The lowest BCUT2D eigenvalue weighted by Gasteiger charge is -2.43. The van der Waals surface area contributed by atoms with E-state index in [4.69, 9.17) is 9.16 Å². The van der Waals surface area contributed by atoms with Crippen molar-refractivity contribution in [1.82, 2.24) is 0 Å². The van der Waals surface area contributed by atoms with Gasteiger partial charge in [-0.25, -0.2) is 12.8 Å². The molecule has 2 heterocycles. The highest BCUT2D eigenvalue weighted by molar-refractivity contribution is 7.92. The van der Waals surface area contributed by atoms with E-state index in [9.17, 15) is 17.9 Å². The molecule has 5 rings (SSSR count). The second-order valence-electron chi connectivity index (χ2n) is 12.5. The third-order valence-electron chi connectivity index (χ3n) is 8.76. The van der Waals surface area contributed by atoms with Crippen molar-refractivity contribution in [2.45, 2.75) is 63.3 Å². The van der Waals surface area contributed by atoms with Gasteiger partial charge in [0.2, 0.25) is 0 Å². The lowest BCUT2D eigenvalue weighted by molar-refractivity contribution is 0.117. The van der Waals surface area contributed by atoms with Gasteiger partial charge in [0.1, 0.15) is 5.25 Å². The number of aromatic hydroxyl groups is 1. The fourth-order valence-electron chi connectivity index (χ4n) is 6.61. The lowest BCUT2D eigenvalue weighted by atomic mass is 9.96. The highest BCUT2D eigenvalue weighted by Crippen LogP contribution is 2.41. The van der Waals surface area contributed by atoms with Crippen molar-refractivity contribution < 1.29 is 27.1 Å². The molecule has 8 heteroatoms. The quantitative estimate of drug-likeness (QED) is 0.217. The van der Waals surface area contributed by atoms with Gasteiger partial charge >= 0.3 is 0 Å². The molecule has 228 valence electrons. The molecule has 2 aliphatic heterocycles. The summed E-state index contributed by atoms with van der Waals surface area (Å²) in [6, 6.07) is 25.1. The summed E-state index contributed by atoms with van der Waals surface area (Å²) in [5.41, 5.74) is 3.47. The van der Waals surface area contributed by atoms with E-state index >= 15 is 0 Å². The molecule has 3 aromatic carbocycles. The van der Waals surface area contributed by atoms with Gasteiger partial charge in [0.05, 0.1) is 25.1 Å². The Kier molecular flexibility index (Phi) is 9.14. The third kappa shape index (κ3) is 6.29. The van der Waals surface area contributed by atoms with Crippen LogP contribution < -0.4 is 10.4 Å². The van der Waals surface area contributed by atoms with Gasteiger partial charge in [0, 0.05) is 0 Å². The molecule has 3 aromatic rings. The van der Waals surface area contributed by atoms with E-state index in [0.717, 1.165) is 33.5 Å². The Morgan fingerprint density at radius 1 is 1.05 bits per heavy atom. The smallest absolute Gasteiger partial charge is 0.261 e. The van der Waals surface area contributed by atoms with Crippen molar-refractivity contribution in [3.8, 4) is 5.75 Å². The van der Waals surface area contributed by atoms with Gasteiger partial charge < -0.3 is 14.3 Å². The van der Waals surface area contributed by atoms with Gasteiger partial charge in [-0.1, -0.05) is 106 Å². The Balaban J connectivity index is 1.45. The summed E-state index contributed by atoms with van der Waals surface area (Å²) in [6.07, 6.45) is 3.70. The van der Waals surface area contributed by atoms with E-state index < -0.39 is 29.2 Å². The van der Waals surface area contributed by atoms with Crippen molar-refractivity contribution in [3.05, 3.63) is 107 Å². The molecule has 1 saturated heterocycles. The van der Waals surface area contributed by atoms with Gasteiger partial charge in [0.25, 0.3) is 8.32 Å². The number of rotatable bonds is 10. The Morgan fingerprint density at radius 2 is 1.67 bits per heavy atom. The maximum atomic E-state index is 13.9. The molecular formula is C35H41FO5SSi. The van der Waals surface area contributed by atoms with Crippen LogP contribution in [-0.2, 0) is 19.0 Å². The minimum Gasteiger partial charge on any atom is -0.505 e. The highest BCUT2D eigenvalue weighted by atomic mass is 32.2. The summed E-state index contributed by atoms with van der Waals surface area (Å²) in [7, 11) is -6.23. The number of allylic oxidation sites excluding steroid dienone is 1. The van der Waals surface area contributed by atoms with E-state index in [-0.39, 0.29) is 35.9 Å². The fourth-order valence-corrected chi connectivity index (χ4v) is 13.1. The molecule has 0 radical (unpaired) electrons. The summed E-state index contributed by atoms with van der Waals surface area (Å²) >= 11 is 0. The number of phenols is 1. The topological polar surface area (TPSA) is 72.8 Å². The van der Waals surface area contributed by atoms with Crippen LogP contribution in [0.5, 0.6) is 5.75 Å². The molecule has 43 heavy (non-hydrogen) atoms. The minimum absolute atomic E-state index is 0.00563. The van der Waals surface area contributed by atoms with Crippen molar-refractivity contribution in [2.24, 2.45) is 0 Å². The van der Waals surface area contributed by atoms with Crippen LogP contribution in [0.15, 0.2) is 95.6 Å². The molecule has 2 atom stereocenters. The Hall–Kier alpha value is -3.04. The van der Waals surface area contributed by atoms with Crippen LogP contribution >= 0.6 is 0 Å². The highest BCUT2D eigenvalue weighted by Gasteiger charge is 2.52. The number of sulfone groups is 1. The average Bonchev–Trinajstić information content (AvgIpc) is 3.52. The summed E-state index contributed by atoms with van der Waals surface area (Å²) in [5.74, 6) is -1.03. The van der Waals surface area contributed by atoms with E-state index in [1.807, 2.05) is 49.4 Å². The standard InChI is InChI=1S/C35H41FO5SSi/c1-5-25(20-26-16-18-31(37)30(36)21-26)17-19-32-34-27(24-42(38,39)33(34)23-40-32)22-41-43(35(2,3)4,28-12-8-6-9-13-28)29-14-10-7-11-15-29/h6-16,18,20-21,32-33,37H,5,17,19,22-24H2,1-4H3/b25-20+/t32-,33+/m1/s1. The first-order chi connectivity index (χ1) is 20.5. The van der Waals surface area contributed by atoms with Crippen LogP contribution in [0.25, 0.3) is 6.08 Å². The monoisotopic (exact) mass is 620 g/mol. The summed E-state index contributed by atoms with van der Waals surface area (Å²) in [6.45, 7) is 9.09. The number of hydrogen-bond acceptors (Lipinski definition) is 5. The number of ether oxygens (including phenoxy) is 1. The fraction of sp³-hybridized carbons (Fsp3) is 0.371. The van der Waals surface area contributed by atoms with Crippen LogP contribution in [-0.4, -0.2) is 52.2 Å². The first-order valence-corrected chi connectivity index (χ1v) is 18.6. The lowest BCUT2D eigenvalue weighted by Crippen LogP contribution is -2.66. The normalized spacial score (nSPS) is 20.4. The molecule has 0 spiro atoms. The van der Waals surface area contributed by atoms with Gasteiger partial charge in [-0.3, -0.25) is 0 Å². The predicted octanol–water partition coefficient (Wildman–Crippen LogP) is 6.17.